The Kier molecular flexibility index (Phi) is 3.62. The van der Waals surface area contributed by atoms with Gasteiger partial charge in [-0.25, -0.2) is 4.39 Å². The van der Waals surface area contributed by atoms with Gasteiger partial charge >= 0.3 is 0 Å². The van der Waals surface area contributed by atoms with Gasteiger partial charge < -0.3 is 0 Å². The molecule has 3 rings (SSSR count). The van der Waals surface area contributed by atoms with Crippen molar-refractivity contribution in [3.63, 3.8) is 0 Å². The normalized spacial score (nSPS) is 18.1. The van der Waals surface area contributed by atoms with E-state index in [4.69, 9.17) is 0 Å². The van der Waals surface area contributed by atoms with Crippen LogP contribution in [-0.2, 0) is 6.54 Å². The molecule has 0 amide bonds. The van der Waals surface area contributed by atoms with Crippen LogP contribution in [0.2, 0.25) is 0 Å². The maximum absolute atomic E-state index is 13.2. The fourth-order valence-corrected chi connectivity index (χ4v) is 3.75. The number of rotatable bonds is 2. The molecule has 1 aliphatic rings. The molecular formula is C15H18FNS. The molecule has 1 aromatic carbocycles. The SMILES string of the molecule is Fc1ccc2sc(CN3CCCCCC3)cc2c1. The van der Waals surface area contributed by atoms with E-state index < -0.39 is 0 Å². The van der Waals surface area contributed by atoms with Crippen molar-refractivity contribution >= 4 is 21.4 Å². The van der Waals surface area contributed by atoms with Crippen molar-refractivity contribution in [2.24, 2.45) is 0 Å². The van der Waals surface area contributed by atoms with Crippen molar-refractivity contribution in [3.05, 3.63) is 35.0 Å². The number of thiophene rings is 1. The van der Waals surface area contributed by atoms with Crippen LogP contribution in [0.5, 0.6) is 0 Å². The third-order valence-corrected chi connectivity index (χ3v) is 4.71. The smallest absolute Gasteiger partial charge is 0.123 e. The second-order valence-corrected chi connectivity index (χ2v) is 6.25. The molecule has 1 aliphatic heterocycles. The van der Waals surface area contributed by atoms with Gasteiger partial charge in [-0.1, -0.05) is 12.8 Å². The second-order valence-electron chi connectivity index (χ2n) is 5.09. The second kappa shape index (κ2) is 5.37. The Morgan fingerprint density at radius 3 is 2.61 bits per heavy atom. The molecule has 2 heterocycles. The fourth-order valence-electron chi connectivity index (χ4n) is 2.66. The zero-order chi connectivity index (χ0) is 12.4. The van der Waals surface area contributed by atoms with Crippen LogP contribution in [0.4, 0.5) is 4.39 Å². The summed E-state index contributed by atoms with van der Waals surface area (Å²) in [5.41, 5.74) is 0. The molecule has 1 fully saturated rings. The number of halogens is 1. The lowest BCUT2D eigenvalue weighted by atomic mass is 10.2. The van der Waals surface area contributed by atoms with E-state index in [1.165, 1.54) is 48.3 Å². The summed E-state index contributed by atoms with van der Waals surface area (Å²) >= 11 is 1.80. The lowest BCUT2D eigenvalue weighted by Gasteiger charge is -2.18. The van der Waals surface area contributed by atoms with E-state index in [1.807, 2.05) is 6.07 Å². The summed E-state index contributed by atoms with van der Waals surface area (Å²) in [6.45, 7) is 3.45. The largest absolute Gasteiger partial charge is 0.298 e. The minimum Gasteiger partial charge on any atom is -0.298 e. The van der Waals surface area contributed by atoms with E-state index in [9.17, 15) is 4.39 Å². The molecule has 3 heteroatoms. The molecule has 0 N–H and O–H groups in total. The standard InChI is InChI=1S/C15H18FNS/c16-13-5-6-15-12(9-13)10-14(18-15)11-17-7-3-1-2-4-8-17/h5-6,9-10H,1-4,7-8,11H2. The molecular weight excluding hydrogens is 245 g/mol. The topological polar surface area (TPSA) is 3.24 Å². The maximum atomic E-state index is 13.2. The average Bonchev–Trinajstić information content (AvgIpc) is 2.57. The van der Waals surface area contributed by atoms with E-state index >= 15 is 0 Å². The van der Waals surface area contributed by atoms with Crippen molar-refractivity contribution in [3.8, 4) is 0 Å². The first kappa shape index (κ1) is 12.1. The highest BCUT2D eigenvalue weighted by molar-refractivity contribution is 7.19. The number of hydrogen-bond donors (Lipinski definition) is 0. The van der Waals surface area contributed by atoms with Crippen LogP contribution in [0.15, 0.2) is 24.3 Å². The number of fused-ring (bicyclic) bond motifs is 1. The molecule has 1 saturated heterocycles. The predicted molar refractivity (Wildman–Crippen MR) is 75.5 cm³/mol. The molecule has 1 aromatic heterocycles. The highest BCUT2D eigenvalue weighted by atomic mass is 32.1. The Hall–Kier alpha value is -0.930. The van der Waals surface area contributed by atoms with Crippen molar-refractivity contribution in [2.45, 2.75) is 32.2 Å². The molecule has 0 radical (unpaired) electrons. The van der Waals surface area contributed by atoms with E-state index in [0.29, 0.717) is 0 Å². The summed E-state index contributed by atoms with van der Waals surface area (Å²) in [5, 5.41) is 1.05. The lowest BCUT2D eigenvalue weighted by molar-refractivity contribution is 0.279. The Balaban J connectivity index is 1.77. The summed E-state index contributed by atoms with van der Waals surface area (Å²) in [4.78, 5) is 3.89. The molecule has 0 bridgehead atoms. The summed E-state index contributed by atoms with van der Waals surface area (Å²) in [5.74, 6) is -0.137. The molecule has 0 unspecified atom stereocenters. The van der Waals surface area contributed by atoms with Crippen LogP contribution in [0.3, 0.4) is 0 Å². The van der Waals surface area contributed by atoms with Gasteiger partial charge in [0.05, 0.1) is 0 Å². The average molecular weight is 263 g/mol. The Morgan fingerprint density at radius 2 is 1.83 bits per heavy atom. The Morgan fingerprint density at radius 1 is 1.06 bits per heavy atom. The van der Waals surface area contributed by atoms with Crippen LogP contribution >= 0.6 is 11.3 Å². The first-order chi connectivity index (χ1) is 8.81. The molecule has 96 valence electrons. The number of nitrogens with zero attached hydrogens (tertiary/aromatic N) is 1. The molecule has 18 heavy (non-hydrogen) atoms. The quantitative estimate of drug-likeness (QED) is 0.775. The number of benzene rings is 1. The minimum atomic E-state index is -0.137. The molecule has 0 spiro atoms. The van der Waals surface area contributed by atoms with Crippen LogP contribution in [-0.4, -0.2) is 18.0 Å². The summed E-state index contributed by atoms with van der Waals surface area (Å²) in [6, 6.07) is 7.22. The van der Waals surface area contributed by atoms with Crippen molar-refractivity contribution < 1.29 is 4.39 Å². The summed E-state index contributed by atoms with van der Waals surface area (Å²) in [7, 11) is 0. The first-order valence-electron chi connectivity index (χ1n) is 6.71. The number of likely N-dealkylation sites (tertiary alicyclic amines) is 1. The summed E-state index contributed by atoms with van der Waals surface area (Å²) < 4.78 is 14.3. The van der Waals surface area contributed by atoms with Crippen molar-refractivity contribution in [1.29, 1.82) is 0 Å². The van der Waals surface area contributed by atoms with E-state index in [2.05, 4.69) is 11.0 Å². The van der Waals surface area contributed by atoms with Gasteiger partial charge in [0.2, 0.25) is 0 Å². The highest BCUT2D eigenvalue weighted by Crippen LogP contribution is 2.27. The Bertz CT molecular complexity index is 526. The maximum Gasteiger partial charge on any atom is 0.123 e. The third kappa shape index (κ3) is 2.73. The molecule has 1 nitrogen and oxygen atoms in total. The van der Waals surface area contributed by atoms with Crippen LogP contribution in [0.1, 0.15) is 30.6 Å². The molecule has 0 aliphatic carbocycles. The zero-order valence-corrected chi connectivity index (χ0v) is 11.3. The van der Waals surface area contributed by atoms with Gasteiger partial charge in [-0.3, -0.25) is 4.90 Å². The Labute approximate surface area is 111 Å². The zero-order valence-electron chi connectivity index (χ0n) is 10.5. The van der Waals surface area contributed by atoms with Gasteiger partial charge in [0.1, 0.15) is 5.82 Å². The van der Waals surface area contributed by atoms with E-state index in [-0.39, 0.29) is 5.82 Å². The fraction of sp³-hybridized carbons (Fsp3) is 0.467. The lowest BCUT2D eigenvalue weighted by Crippen LogP contribution is -2.23. The van der Waals surface area contributed by atoms with Gasteiger partial charge in [-0.15, -0.1) is 11.3 Å². The summed E-state index contributed by atoms with van der Waals surface area (Å²) in [6.07, 6.45) is 5.38. The van der Waals surface area contributed by atoms with Gasteiger partial charge in [0, 0.05) is 16.1 Å². The highest BCUT2D eigenvalue weighted by Gasteiger charge is 2.11. The monoisotopic (exact) mass is 263 g/mol. The predicted octanol–water partition coefficient (Wildman–Crippen LogP) is 4.42. The van der Waals surface area contributed by atoms with Crippen molar-refractivity contribution in [1.82, 2.24) is 4.90 Å². The van der Waals surface area contributed by atoms with Gasteiger partial charge in [0.15, 0.2) is 0 Å². The molecule has 2 aromatic rings. The van der Waals surface area contributed by atoms with Crippen LogP contribution in [0.25, 0.3) is 10.1 Å². The number of hydrogen-bond acceptors (Lipinski definition) is 2. The van der Waals surface area contributed by atoms with Gasteiger partial charge in [-0.2, -0.15) is 0 Å². The van der Waals surface area contributed by atoms with Crippen LogP contribution < -0.4 is 0 Å². The minimum absolute atomic E-state index is 0.137. The third-order valence-electron chi connectivity index (χ3n) is 3.61. The van der Waals surface area contributed by atoms with Gasteiger partial charge in [-0.05, 0) is 55.6 Å². The van der Waals surface area contributed by atoms with E-state index in [1.54, 1.807) is 23.5 Å². The molecule has 0 atom stereocenters. The first-order valence-corrected chi connectivity index (χ1v) is 7.53. The van der Waals surface area contributed by atoms with E-state index in [0.717, 1.165) is 11.9 Å². The van der Waals surface area contributed by atoms with Crippen molar-refractivity contribution in [2.75, 3.05) is 13.1 Å². The van der Waals surface area contributed by atoms with Gasteiger partial charge in [0.25, 0.3) is 0 Å². The molecule has 0 saturated carbocycles. The van der Waals surface area contributed by atoms with Crippen LogP contribution in [0, 0.1) is 5.82 Å².